The van der Waals surface area contributed by atoms with Crippen molar-refractivity contribution in [3.05, 3.63) is 0 Å². The van der Waals surface area contributed by atoms with Crippen LogP contribution in [0.1, 0.15) is 20.8 Å². The highest BCUT2D eigenvalue weighted by Crippen LogP contribution is 2.36. The van der Waals surface area contributed by atoms with Gasteiger partial charge in [-0.1, -0.05) is 34.8 Å². The quantitative estimate of drug-likeness (QED) is 0.272. The fourth-order valence-corrected chi connectivity index (χ4v) is 2.73. The first-order chi connectivity index (χ1) is 12.3. The van der Waals surface area contributed by atoms with E-state index >= 15 is 0 Å². The predicted molar refractivity (Wildman–Crippen MR) is 91.0 cm³/mol. The van der Waals surface area contributed by atoms with Crippen LogP contribution >= 0.6 is 34.8 Å². The van der Waals surface area contributed by atoms with Crippen molar-refractivity contribution in [1.29, 1.82) is 5.41 Å². The Morgan fingerprint density at radius 2 is 1.22 bits per heavy atom. The molecule has 0 aromatic carbocycles. The van der Waals surface area contributed by atoms with Crippen LogP contribution in [-0.4, -0.2) is 69.0 Å². The summed E-state index contributed by atoms with van der Waals surface area (Å²) in [7, 11) is 0. The van der Waals surface area contributed by atoms with E-state index in [1.165, 1.54) is 0 Å². The zero-order valence-electron chi connectivity index (χ0n) is 14.2. The standard InChI is InChI=1S/C14H16Cl3NO9/c1-4(19)24-7-8(25-5(2)20)10(12(18)14(15,16)17)27-11(13(22)23)9(7)26-6(3)21/h7-11,18H,1-3H3,(H,22,23)/t7-,8-,9+,10+,11+/m1/s1. The number of carbonyl (C=O) groups excluding carboxylic acids is 3. The van der Waals surface area contributed by atoms with E-state index in [0.717, 1.165) is 20.8 Å². The molecule has 0 aromatic rings. The molecule has 13 heteroatoms. The van der Waals surface area contributed by atoms with Crippen LogP contribution < -0.4 is 0 Å². The second-order valence-corrected chi connectivity index (χ2v) is 7.73. The molecule has 0 aliphatic carbocycles. The molecule has 1 saturated heterocycles. The summed E-state index contributed by atoms with van der Waals surface area (Å²) in [5.41, 5.74) is -0.775. The van der Waals surface area contributed by atoms with Gasteiger partial charge in [-0.2, -0.15) is 0 Å². The number of rotatable bonds is 5. The first kappa shape index (κ1) is 23.4. The minimum Gasteiger partial charge on any atom is -0.479 e. The summed E-state index contributed by atoms with van der Waals surface area (Å²) in [5, 5.41) is 17.4. The number of aliphatic carboxylic acids is 1. The van der Waals surface area contributed by atoms with Crippen LogP contribution in [0.5, 0.6) is 0 Å². The SMILES string of the molecule is CC(=O)O[C@@H]1[C@@H](OC(C)=O)[C@@H](C(=N)C(Cl)(Cl)Cl)O[C@H](C(=O)O)[C@H]1OC(C)=O. The van der Waals surface area contributed by atoms with Gasteiger partial charge >= 0.3 is 23.9 Å². The van der Waals surface area contributed by atoms with Gasteiger partial charge in [-0.3, -0.25) is 14.4 Å². The second-order valence-electron chi connectivity index (χ2n) is 5.45. The maximum Gasteiger partial charge on any atom is 0.336 e. The predicted octanol–water partition coefficient (Wildman–Crippen LogP) is 1.02. The summed E-state index contributed by atoms with van der Waals surface area (Å²) in [6.07, 6.45) is -8.55. The molecule has 10 nitrogen and oxygen atoms in total. The molecule has 0 aromatic heterocycles. The fourth-order valence-electron chi connectivity index (χ4n) is 2.40. The third-order valence-corrected chi connectivity index (χ3v) is 3.89. The van der Waals surface area contributed by atoms with Crippen molar-refractivity contribution in [3.63, 3.8) is 0 Å². The number of esters is 3. The Morgan fingerprint density at radius 1 is 0.852 bits per heavy atom. The van der Waals surface area contributed by atoms with E-state index in [4.69, 9.17) is 59.2 Å². The number of carboxylic acid groups (broad SMARTS) is 1. The van der Waals surface area contributed by atoms with Gasteiger partial charge in [-0.05, 0) is 0 Å². The van der Waals surface area contributed by atoms with Gasteiger partial charge in [0.2, 0.25) is 3.79 Å². The van der Waals surface area contributed by atoms with E-state index in [2.05, 4.69) is 0 Å². The lowest BCUT2D eigenvalue weighted by Gasteiger charge is -2.44. The molecule has 152 valence electrons. The van der Waals surface area contributed by atoms with Gasteiger partial charge in [0.25, 0.3) is 0 Å². The number of halogens is 3. The van der Waals surface area contributed by atoms with Crippen molar-refractivity contribution in [2.45, 2.75) is 55.1 Å². The number of alkyl halides is 3. The van der Waals surface area contributed by atoms with Crippen molar-refractivity contribution in [3.8, 4) is 0 Å². The highest BCUT2D eigenvalue weighted by Gasteiger charge is 2.57. The van der Waals surface area contributed by atoms with Crippen LogP contribution in [0.4, 0.5) is 0 Å². The zero-order valence-corrected chi connectivity index (χ0v) is 16.5. The minimum absolute atomic E-state index is 0.775. The van der Waals surface area contributed by atoms with Crippen molar-refractivity contribution in [2.24, 2.45) is 0 Å². The summed E-state index contributed by atoms with van der Waals surface area (Å²) < 4.78 is 17.9. The molecule has 1 rings (SSSR count). The van der Waals surface area contributed by atoms with Crippen molar-refractivity contribution >= 4 is 64.4 Å². The Hall–Kier alpha value is -1.62. The van der Waals surface area contributed by atoms with Crippen molar-refractivity contribution < 1.29 is 43.2 Å². The highest BCUT2D eigenvalue weighted by atomic mass is 35.6. The van der Waals surface area contributed by atoms with Gasteiger partial charge in [-0.25, -0.2) is 4.79 Å². The van der Waals surface area contributed by atoms with E-state index in [1.807, 2.05) is 0 Å². The van der Waals surface area contributed by atoms with Gasteiger partial charge < -0.3 is 29.5 Å². The smallest absolute Gasteiger partial charge is 0.336 e. The summed E-state index contributed by atoms with van der Waals surface area (Å²) in [5.74, 6) is -4.32. The fraction of sp³-hybridized carbons (Fsp3) is 0.643. The van der Waals surface area contributed by atoms with Crippen molar-refractivity contribution in [2.75, 3.05) is 0 Å². The average Bonchev–Trinajstić information content (AvgIpc) is 2.47. The van der Waals surface area contributed by atoms with Crippen molar-refractivity contribution in [1.82, 2.24) is 0 Å². The number of carbonyl (C=O) groups is 4. The van der Waals surface area contributed by atoms with Gasteiger partial charge in [0.1, 0.15) is 6.10 Å². The Morgan fingerprint density at radius 3 is 1.56 bits per heavy atom. The molecule has 5 atom stereocenters. The Labute approximate surface area is 168 Å². The number of nitrogens with one attached hydrogen (secondary N) is 1. The first-order valence-corrected chi connectivity index (χ1v) is 8.44. The molecule has 2 N–H and O–H groups in total. The molecule has 0 amide bonds. The number of carboxylic acids is 1. The lowest BCUT2D eigenvalue weighted by atomic mass is 9.92. The highest BCUT2D eigenvalue weighted by molar-refractivity contribution is 6.76. The summed E-state index contributed by atoms with van der Waals surface area (Å²) in [6, 6.07) is 0. The van der Waals surface area contributed by atoms with E-state index in [1.54, 1.807) is 0 Å². The van der Waals surface area contributed by atoms with Crippen LogP contribution in [0.15, 0.2) is 0 Å². The van der Waals surface area contributed by atoms with Crippen LogP contribution in [-0.2, 0) is 38.1 Å². The molecule has 1 aliphatic rings. The van der Waals surface area contributed by atoms with Crippen LogP contribution in [0.25, 0.3) is 0 Å². The maximum absolute atomic E-state index is 11.6. The summed E-state index contributed by atoms with van der Waals surface area (Å²) >= 11 is 17.0. The monoisotopic (exact) mass is 447 g/mol. The van der Waals surface area contributed by atoms with Gasteiger partial charge in [0.15, 0.2) is 24.4 Å². The van der Waals surface area contributed by atoms with Gasteiger partial charge in [0.05, 0.1) is 5.71 Å². The topological polar surface area (TPSA) is 149 Å². The lowest BCUT2D eigenvalue weighted by molar-refractivity contribution is -0.237. The second kappa shape index (κ2) is 9.05. The molecular weight excluding hydrogens is 433 g/mol. The average molecular weight is 449 g/mol. The minimum atomic E-state index is -2.35. The molecule has 0 saturated carbocycles. The molecule has 0 unspecified atom stereocenters. The van der Waals surface area contributed by atoms with Crippen LogP contribution in [0, 0.1) is 5.41 Å². The molecule has 0 spiro atoms. The number of ether oxygens (including phenoxy) is 4. The third kappa shape index (κ3) is 6.20. The Bertz CT molecular complexity index is 648. The van der Waals surface area contributed by atoms with E-state index in [-0.39, 0.29) is 0 Å². The maximum atomic E-state index is 11.6. The number of hydrogen-bond donors (Lipinski definition) is 2. The van der Waals surface area contributed by atoms with E-state index < -0.39 is 63.9 Å². The molecule has 0 bridgehead atoms. The molecule has 27 heavy (non-hydrogen) atoms. The molecular formula is C14H16Cl3NO9. The lowest BCUT2D eigenvalue weighted by Crippen LogP contribution is -2.65. The van der Waals surface area contributed by atoms with Gasteiger partial charge in [0, 0.05) is 20.8 Å². The summed E-state index contributed by atoms with van der Waals surface area (Å²) in [4.78, 5) is 46.0. The molecule has 1 fully saturated rings. The number of hydrogen-bond acceptors (Lipinski definition) is 9. The van der Waals surface area contributed by atoms with Crippen LogP contribution in [0.3, 0.4) is 0 Å². The zero-order chi connectivity index (χ0) is 21.1. The Kier molecular flexibility index (Phi) is 7.85. The molecule has 1 aliphatic heterocycles. The van der Waals surface area contributed by atoms with E-state index in [9.17, 15) is 24.3 Å². The first-order valence-electron chi connectivity index (χ1n) is 7.31. The molecule has 0 radical (unpaired) electrons. The van der Waals surface area contributed by atoms with Gasteiger partial charge in [-0.15, -0.1) is 0 Å². The largest absolute Gasteiger partial charge is 0.479 e. The van der Waals surface area contributed by atoms with Crippen LogP contribution in [0.2, 0.25) is 0 Å². The van der Waals surface area contributed by atoms with E-state index in [0.29, 0.717) is 0 Å². The third-order valence-electron chi connectivity index (χ3n) is 3.28. The molecule has 1 heterocycles. The summed E-state index contributed by atoms with van der Waals surface area (Å²) in [6.45, 7) is 2.99. The normalized spacial score (nSPS) is 28.0. The Balaban J connectivity index is 3.50.